The molecule has 2 atom stereocenters. The fourth-order valence-corrected chi connectivity index (χ4v) is 3.91. The number of nitrogens with one attached hydrogen (secondary N) is 2. The fourth-order valence-electron chi connectivity index (χ4n) is 3.91. The highest BCUT2D eigenvalue weighted by molar-refractivity contribution is 6.03. The minimum atomic E-state index is -1.49. The van der Waals surface area contributed by atoms with Gasteiger partial charge in [0.15, 0.2) is 0 Å². The summed E-state index contributed by atoms with van der Waals surface area (Å²) in [7, 11) is 0. The molecule has 0 aliphatic carbocycles. The lowest BCUT2D eigenvalue weighted by molar-refractivity contribution is 0.129. The lowest BCUT2D eigenvalue weighted by Gasteiger charge is -2.30. The van der Waals surface area contributed by atoms with Crippen LogP contribution in [0, 0.1) is 5.82 Å². The number of H-pyrrole nitrogens is 2. The molecule has 0 spiro atoms. The van der Waals surface area contributed by atoms with Crippen molar-refractivity contribution in [1.29, 1.82) is 0 Å². The summed E-state index contributed by atoms with van der Waals surface area (Å²) in [5.74, 6) is -0.363. The van der Waals surface area contributed by atoms with Crippen LogP contribution >= 0.6 is 0 Å². The van der Waals surface area contributed by atoms with Crippen LogP contribution in [0.3, 0.4) is 0 Å². The van der Waals surface area contributed by atoms with Crippen molar-refractivity contribution in [2.75, 3.05) is 0 Å². The second kappa shape index (κ2) is 7.13. The average Bonchev–Trinajstić information content (AvgIpc) is 3.43. The van der Waals surface area contributed by atoms with E-state index in [2.05, 4.69) is 30.2 Å². The summed E-state index contributed by atoms with van der Waals surface area (Å²) >= 11 is 0. The summed E-state index contributed by atoms with van der Waals surface area (Å²) in [5.41, 5.74) is 8.79. The van der Waals surface area contributed by atoms with Crippen molar-refractivity contribution < 1.29 is 9.50 Å². The first-order valence-electron chi connectivity index (χ1n) is 9.78. The molecule has 0 bridgehead atoms. The van der Waals surface area contributed by atoms with Gasteiger partial charge in [-0.05, 0) is 30.7 Å². The molecular formula is C22H20FN7O. The number of aromatic amines is 2. The Morgan fingerprint density at radius 3 is 2.84 bits per heavy atom. The third-order valence-corrected chi connectivity index (χ3v) is 5.63. The van der Waals surface area contributed by atoms with E-state index in [-0.39, 0.29) is 12.0 Å². The number of benzene rings is 1. The number of hydrogen-bond acceptors (Lipinski definition) is 6. The second-order valence-electron chi connectivity index (χ2n) is 7.70. The van der Waals surface area contributed by atoms with Crippen LogP contribution in [0.5, 0.6) is 0 Å². The van der Waals surface area contributed by atoms with E-state index in [4.69, 9.17) is 5.73 Å². The minimum Gasteiger partial charge on any atom is -0.379 e. The molecule has 4 heterocycles. The molecule has 0 radical (unpaired) electrons. The predicted molar refractivity (Wildman–Crippen MR) is 116 cm³/mol. The first-order chi connectivity index (χ1) is 14.9. The van der Waals surface area contributed by atoms with Gasteiger partial charge in [-0.2, -0.15) is 5.10 Å². The van der Waals surface area contributed by atoms with E-state index >= 15 is 0 Å². The van der Waals surface area contributed by atoms with Crippen molar-refractivity contribution >= 4 is 22.7 Å². The van der Waals surface area contributed by atoms with Crippen LogP contribution in [-0.4, -0.2) is 36.9 Å². The zero-order valence-corrected chi connectivity index (χ0v) is 16.7. The summed E-state index contributed by atoms with van der Waals surface area (Å²) in [6, 6.07) is 7.49. The van der Waals surface area contributed by atoms with Gasteiger partial charge in [0.05, 0.1) is 18.0 Å². The number of rotatable bonds is 4. The highest BCUT2D eigenvalue weighted by Gasteiger charge is 2.35. The Kier molecular flexibility index (Phi) is 4.40. The third kappa shape index (κ3) is 3.38. The normalized spacial score (nSPS) is 18.5. The van der Waals surface area contributed by atoms with Gasteiger partial charge in [-0.3, -0.25) is 5.10 Å². The summed E-state index contributed by atoms with van der Waals surface area (Å²) in [6.07, 6.45) is 7.47. The van der Waals surface area contributed by atoms with E-state index in [1.165, 1.54) is 12.1 Å². The van der Waals surface area contributed by atoms with Crippen LogP contribution in [-0.2, 0) is 5.60 Å². The predicted octanol–water partition coefficient (Wildman–Crippen LogP) is 3.20. The number of nitrogens with zero attached hydrogens (tertiary/aromatic N) is 4. The van der Waals surface area contributed by atoms with Gasteiger partial charge >= 0.3 is 0 Å². The summed E-state index contributed by atoms with van der Waals surface area (Å²) < 4.78 is 13.8. The number of nitrogens with two attached hydrogens (primary N) is 1. The Labute approximate surface area is 176 Å². The SMILES string of the molecule is CC(O)(C1=NC(N)=NC(c2c[nH]c3ncc(-c4cn[nH]c4)cc23)C1)c1cccc(F)c1. The van der Waals surface area contributed by atoms with Gasteiger partial charge in [0.2, 0.25) is 5.96 Å². The maximum atomic E-state index is 13.8. The Morgan fingerprint density at radius 1 is 1.19 bits per heavy atom. The maximum absolute atomic E-state index is 13.8. The molecule has 2 unspecified atom stereocenters. The van der Waals surface area contributed by atoms with Crippen molar-refractivity contribution in [3.05, 3.63) is 72.1 Å². The lowest BCUT2D eigenvalue weighted by atomic mass is 9.85. The number of aliphatic imine (C=N–C) groups is 2. The largest absolute Gasteiger partial charge is 0.379 e. The van der Waals surface area contributed by atoms with Crippen LogP contribution in [0.2, 0.25) is 0 Å². The molecule has 9 heteroatoms. The summed E-state index contributed by atoms with van der Waals surface area (Å²) in [6.45, 7) is 1.59. The minimum absolute atomic E-state index is 0.0660. The standard InChI is InChI=1S/C22H20FN7O/c1-22(31,14-3-2-4-15(23)6-14)19-7-18(29-21(24)30-19)17-11-26-20-16(17)5-12(8-25-20)13-9-27-28-10-13/h2-6,8-11,18,31H,7H2,1H3,(H2,24,29)(H,25,26)(H,27,28). The van der Waals surface area contributed by atoms with E-state index in [9.17, 15) is 9.50 Å². The topological polar surface area (TPSA) is 128 Å². The Bertz CT molecular complexity index is 1320. The number of pyridine rings is 1. The molecule has 0 saturated heterocycles. The number of halogens is 1. The third-order valence-electron chi connectivity index (χ3n) is 5.63. The molecule has 31 heavy (non-hydrogen) atoms. The molecule has 0 fully saturated rings. The zero-order chi connectivity index (χ0) is 21.6. The summed E-state index contributed by atoms with van der Waals surface area (Å²) in [5, 5.41) is 18.9. The number of guanidine groups is 1. The van der Waals surface area contributed by atoms with E-state index in [1.54, 1.807) is 37.6 Å². The van der Waals surface area contributed by atoms with Crippen molar-refractivity contribution in [1.82, 2.24) is 20.2 Å². The Balaban J connectivity index is 1.53. The van der Waals surface area contributed by atoms with Gasteiger partial charge in [0, 0.05) is 47.1 Å². The Hall–Kier alpha value is -3.85. The van der Waals surface area contributed by atoms with Gasteiger partial charge in [0.1, 0.15) is 17.1 Å². The molecule has 8 nitrogen and oxygen atoms in total. The van der Waals surface area contributed by atoms with Crippen LogP contribution in [0.1, 0.15) is 30.5 Å². The van der Waals surface area contributed by atoms with E-state index in [0.717, 1.165) is 27.7 Å². The van der Waals surface area contributed by atoms with E-state index < -0.39 is 11.4 Å². The molecule has 1 aliphatic heterocycles. The first kappa shape index (κ1) is 19.1. The molecule has 1 aromatic carbocycles. The molecule has 1 aliphatic rings. The summed E-state index contributed by atoms with van der Waals surface area (Å²) in [4.78, 5) is 16.5. The van der Waals surface area contributed by atoms with E-state index in [1.807, 2.05) is 12.3 Å². The molecule has 156 valence electrons. The van der Waals surface area contributed by atoms with Gasteiger partial charge in [-0.25, -0.2) is 19.4 Å². The van der Waals surface area contributed by atoms with Gasteiger partial charge in [-0.15, -0.1) is 0 Å². The molecule has 0 amide bonds. The quantitative estimate of drug-likeness (QED) is 0.406. The first-order valence-corrected chi connectivity index (χ1v) is 9.78. The van der Waals surface area contributed by atoms with Crippen LogP contribution < -0.4 is 5.73 Å². The number of fused-ring (bicyclic) bond motifs is 1. The second-order valence-corrected chi connectivity index (χ2v) is 7.70. The molecule has 5 N–H and O–H groups in total. The molecule has 0 saturated carbocycles. The van der Waals surface area contributed by atoms with Gasteiger partial charge in [-0.1, -0.05) is 12.1 Å². The van der Waals surface area contributed by atoms with Crippen molar-refractivity contribution in [3.8, 4) is 11.1 Å². The molecule has 4 aromatic rings. The molecular weight excluding hydrogens is 397 g/mol. The van der Waals surface area contributed by atoms with Crippen molar-refractivity contribution in [2.24, 2.45) is 15.7 Å². The van der Waals surface area contributed by atoms with Crippen LogP contribution in [0.15, 0.2) is 65.1 Å². The number of hydrogen-bond donors (Lipinski definition) is 4. The van der Waals surface area contributed by atoms with Crippen molar-refractivity contribution in [3.63, 3.8) is 0 Å². The van der Waals surface area contributed by atoms with Crippen LogP contribution in [0.25, 0.3) is 22.2 Å². The number of aliphatic hydroxyl groups is 1. The highest BCUT2D eigenvalue weighted by Crippen LogP contribution is 2.36. The molecule has 3 aromatic heterocycles. The van der Waals surface area contributed by atoms with Crippen LogP contribution in [0.4, 0.5) is 4.39 Å². The highest BCUT2D eigenvalue weighted by atomic mass is 19.1. The van der Waals surface area contributed by atoms with Gasteiger partial charge in [0.25, 0.3) is 0 Å². The number of aromatic nitrogens is 4. The smallest absolute Gasteiger partial charge is 0.215 e. The fraction of sp³-hybridized carbons (Fsp3) is 0.182. The average molecular weight is 417 g/mol. The lowest BCUT2D eigenvalue weighted by Crippen LogP contribution is -2.37. The Morgan fingerprint density at radius 2 is 2.06 bits per heavy atom. The maximum Gasteiger partial charge on any atom is 0.215 e. The van der Waals surface area contributed by atoms with E-state index in [0.29, 0.717) is 17.7 Å². The monoisotopic (exact) mass is 417 g/mol. The molecule has 5 rings (SSSR count). The zero-order valence-electron chi connectivity index (χ0n) is 16.7. The van der Waals surface area contributed by atoms with Crippen molar-refractivity contribution in [2.45, 2.75) is 25.0 Å². The van der Waals surface area contributed by atoms with Gasteiger partial charge < -0.3 is 15.8 Å².